The molecular formula is C17H14ClN3O3. The number of rotatable bonds is 4. The van der Waals surface area contributed by atoms with Gasteiger partial charge in [0.1, 0.15) is 23.3 Å². The lowest BCUT2D eigenvalue weighted by atomic mass is 10.1. The zero-order valence-electron chi connectivity index (χ0n) is 13.0. The summed E-state index contributed by atoms with van der Waals surface area (Å²) in [4.78, 5) is 41.2. The molecule has 4 rings (SSSR count). The first kappa shape index (κ1) is 15.1. The highest BCUT2D eigenvalue weighted by molar-refractivity contribution is 6.35. The van der Waals surface area contributed by atoms with Crippen molar-refractivity contribution in [2.75, 3.05) is 0 Å². The molecular weight excluding hydrogens is 330 g/mol. The van der Waals surface area contributed by atoms with Crippen molar-refractivity contribution in [1.82, 2.24) is 14.0 Å². The summed E-state index contributed by atoms with van der Waals surface area (Å²) in [5.74, 6) is -0.472. The molecule has 7 heteroatoms. The van der Waals surface area contributed by atoms with Gasteiger partial charge in [0, 0.05) is 13.0 Å². The molecule has 3 aromatic rings. The third-order valence-corrected chi connectivity index (χ3v) is 4.77. The zero-order valence-corrected chi connectivity index (χ0v) is 13.7. The molecule has 0 spiro atoms. The van der Waals surface area contributed by atoms with Gasteiger partial charge in [-0.3, -0.25) is 18.8 Å². The average Bonchev–Trinajstić information content (AvgIpc) is 3.30. The minimum Gasteiger partial charge on any atom is -0.307 e. The van der Waals surface area contributed by atoms with E-state index in [1.165, 1.54) is 10.9 Å². The first-order valence-corrected chi connectivity index (χ1v) is 8.07. The molecule has 0 radical (unpaired) electrons. The number of para-hydroxylation sites is 1. The third-order valence-electron chi connectivity index (χ3n) is 4.47. The number of carbonyl (C=O) groups excluding carboxylic acids is 2. The van der Waals surface area contributed by atoms with E-state index in [0.29, 0.717) is 16.1 Å². The number of carbonyl (C=O) groups is 2. The normalized spacial score (nSPS) is 14.4. The summed E-state index contributed by atoms with van der Waals surface area (Å²) < 4.78 is 2.98. The first-order valence-electron chi connectivity index (χ1n) is 7.69. The molecule has 1 aliphatic carbocycles. The van der Waals surface area contributed by atoms with Crippen LogP contribution in [0.15, 0.2) is 29.3 Å². The van der Waals surface area contributed by atoms with Crippen LogP contribution in [0.3, 0.4) is 0 Å². The van der Waals surface area contributed by atoms with Crippen LogP contribution in [-0.4, -0.2) is 25.5 Å². The minimum absolute atomic E-state index is 0.00491. The molecule has 0 aliphatic heterocycles. The quantitative estimate of drug-likeness (QED) is 0.538. The monoisotopic (exact) mass is 343 g/mol. The van der Waals surface area contributed by atoms with Crippen molar-refractivity contribution < 1.29 is 9.59 Å². The highest BCUT2D eigenvalue weighted by Gasteiger charge is 2.32. The maximum absolute atomic E-state index is 12.7. The van der Waals surface area contributed by atoms with E-state index in [2.05, 4.69) is 4.98 Å². The minimum atomic E-state index is -0.409. The van der Waals surface area contributed by atoms with E-state index in [1.807, 2.05) is 0 Å². The second-order valence-electron chi connectivity index (χ2n) is 6.12. The number of nitrogens with zero attached hydrogens (tertiary/aromatic N) is 3. The first-order chi connectivity index (χ1) is 11.5. The van der Waals surface area contributed by atoms with Gasteiger partial charge >= 0.3 is 0 Å². The van der Waals surface area contributed by atoms with Crippen LogP contribution in [0.5, 0.6) is 0 Å². The van der Waals surface area contributed by atoms with Crippen molar-refractivity contribution in [3.05, 3.63) is 45.6 Å². The van der Waals surface area contributed by atoms with Crippen molar-refractivity contribution in [1.29, 1.82) is 0 Å². The summed E-state index contributed by atoms with van der Waals surface area (Å²) in [5, 5.41) is 0.444. The van der Waals surface area contributed by atoms with Gasteiger partial charge in [0.15, 0.2) is 5.78 Å². The SMILES string of the molecule is Cn1c(=O)c2c(C(=O)CC(=O)C3CC3)ncn2c2cccc(Cl)c21. The van der Waals surface area contributed by atoms with E-state index in [9.17, 15) is 14.4 Å². The highest BCUT2D eigenvalue weighted by Crippen LogP contribution is 2.31. The lowest BCUT2D eigenvalue weighted by molar-refractivity contribution is -0.119. The van der Waals surface area contributed by atoms with E-state index in [-0.39, 0.29) is 34.9 Å². The van der Waals surface area contributed by atoms with Crippen LogP contribution in [0.2, 0.25) is 5.02 Å². The second-order valence-corrected chi connectivity index (χ2v) is 6.53. The van der Waals surface area contributed by atoms with Crippen LogP contribution in [0.4, 0.5) is 0 Å². The molecule has 122 valence electrons. The molecule has 0 atom stereocenters. The number of benzene rings is 1. The Bertz CT molecular complexity index is 1080. The number of halogens is 1. The molecule has 1 aliphatic rings. The molecule has 6 nitrogen and oxygen atoms in total. The summed E-state index contributed by atoms with van der Waals surface area (Å²) >= 11 is 6.21. The molecule has 1 aromatic carbocycles. The maximum Gasteiger partial charge on any atom is 0.277 e. The Balaban J connectivity index is 1.93. The Kier molecular flexibility index (Phi) is 3.31. The molecule has 1 saturated carbocycles. The Labute approximate surface area is 141 Å². The maximum atomic E-state index is 12.7. The number of hydrogen-bond donors (Lipinski definition) is 0. The number of aryl methyl sites for hydroxylation is 1. The predicted molar refractivity (Wildman–Crippen MR) is 89.6 cm³/mol. The fraction of sp³-hybridized carbons (Fsp3) is 0.294. The summed E-state index contributed by atoms with van der Waals surface area (Å²) in [6, 6.07) is 5.28. The summed E-state index contributed by atoms with van der Waals surface area (Å²) in [7, 11) is 1.60. The summed E-state index contributed by atoms with van der Waals surface area (Å²) in [6.07, 6.45) is 2.93. The van der Waals surface area contributed by atoms with Crippen molar-refractivity contribution in [2.24, 2.45) is 13.0 Å². The van der Waals surface area contributed by atoms with Crippen LogP contribution in [0, 0.1) is 5.92 Å². The largest absolute Gasteiger partial charge is 0.307 e. The van der Waals surface area contributed by atoms with Gasteiger partial charge < -0.3 is 4.57 Å². The molecule has 2 heterocycles. The molecule has 2 aromatic heterocycles. The smallest absolute Gasteiger partial charge is 0.277 e. The molecule has 0 N–H and O–H groups in total. The van der Waals surface area contributed by atoms with E-state index < -0.39 is 5.78 Å². The Morgan fingerprint density at radius 2 is 2.04 bits per heavy atom. The van der Waals surface area contributed by atoms with Crippen molar-refractivity contribution in [3.8, 4) is 0 Å². The molecule has 0 amide bonds. The van der Waals surface area contributed by atoms with Crippen LogP contribution in [0.1, 0.15) is 29.8 Å². The lowest BCUT2D eigenvalue weighted by Crippen LogP contribution is -2.22. The van der Waals surface area contributed by atoms with E-state index >= 15 is 0 Å². The molecule has 1 fully saturated rings. The standard InChI is InChI=1S/C17H14ClN3O3/c1-20-15-10(18)3-2-4-11(15)21-8-19-14(16(21)17(20)24)13(23)7-12(22)9-5-6-9/h2-4,8-9H,5-7H2,1H3. The fourth-order valence-electron chi connectivity index (χ4n) is 3.02. The van der Waals surface area contributed by atoms with Crippen molar-refractivity contribution in [3.63, 3.8) is 0 Å². The van der Waals surface area contributed by atoms with Crippen LogP contribution in [-0.2, 0) is 11.8 Å². The fourth-order valence-corrected chi connectivity index (χ4v) is 3.32. The number of fused-ring (bicyclic) bond motifs is 3. The predicted octanol–water partition coefficient (Wildman–Crippen LogP) is 2.39. The number of imidazole rings is 1. The Hall–Kier alpha value is -2.47. The number of ketones is 2. The van der Waals surface area contributed by atoms with Gasteiger partial charge in [-0.1, -0.05) is 17.7 Å². The van der Waals surface area contributed by atoms with Crippen molar-refractivity contribution in [2.45, 2.75) is 19.3 Å². The summed E-state index contributed by atoms with van der Waals surface area (Å²) in [6.45, 7) is 0. The molecule has 0 unspecified atom stereocenters. The van der Waals surface area contributed by atoms with E-state index in [0.717, 1.165) is 12.8 Å². The molecule has 0 saturated heterocycles. The summed E-state index contributed by atoms with van der Waals surface area (Å²) in [5.41, 5.74) is 1.12. The number of aromatic nitrogens is 3. The molecule has 24 heavy (non-hydrogen) atoms. The van der Waals surface area contributed by atoms with E-state index in [1.54, 1.807) is 29.6 Å². The second kappa shape index (κ2) is 5.27. The van der Waals surface area contributed by atoms with Gasteiger partial charge in [0.2, 0.25) is 0 Å². The highest BCUT2D eigenvalue weighted by atomic mass is 35.5. The van der Waals surface area contributed by atoms with Gasteiger partial charge in [0.05, 0.1) is 22.5 Å². The average molecular weight is 344 g/mol. The molecule has 0 bridgehead atoms. The van der Waals surface area contributed by atoms with Crippen LogP contribution < -0.4 is 5.56 Å². The van der Waals surface area contributed by atoms with Gasteiger partial charge in [-0.25, -0.2) is 4.98 Å². The van der Waals surface area contributed by atoms with Gasteiger partial charge in [-0.2, -0.15) is 0 Å². The van der Waals surface area contributed by atoms with Crippen molar-refractivity contribution >= 4 is 39.7 Å². The van der Waals surface area contributed by atoms with Gasteiger partial charge in [0.25, 0.3) is 5.56 Å². The Morgan fingerprint density at radius 1 is 1.29 bits per heavy atom. The van der Waals surface area contributed by atoms with Crippen LogP contribution >= 0.6 is 11.6 Å². The zero-order chi connectivity index (χ0) is 17.0. The topological polar surface area (TPSA) is 73.4 Å². The van der Waals surface area contributed by atoms with E-state index in [4.69, 9.17) is 11.6 Å². The number of hydrogen-bond acceptors (Lipinski definition) is 4. The third kappa shape index (κ3) is 2.17. The number of Topliss-reactive ketones (excluding diaryl/α,β-unsaturated/α-hetero) is 2. The van der Waals surface area contributed by atoms with Crippen LogP contribution in [0.25, 0.3) is 16.6 Å². The van der Waals surface area contributed by atoms with Gasteiger partial charge in [-0.15, -0.1) is 0 Å². The van der Waals surface area contributed by atoms with Gasteiger partial charge in [-0.05, 0) is 25.0 Å². The lowest BCUT2D eigenvalue weighted by Gasteiger charge is -2.09. The Morgan fingerprint density at radius 3 is 2.75 bits per heavy atom.